The number of halogens is 1. The number of carbonyl (C=O) groups excluding carboxylic acids is 1. The number of pyridine rings is 1. The van der Waals surface area contributed by atoms with E-state index < -0.39 is 17.7 Å². The summed E-state index contributed by atoms with van der Waals surface area (Å²) in [7, 11) is 0. The summed E-state index contributed by atoms with van der Waals surface area (Å²) >= 11 is 0. The molecule has 0 bridgehead atoms. The van der Waals surface area contributed by atoms with Gasteiger partial charge in [0.05, 0.1) is 12.6 Å². The van der Waals surface area contributed by atoms with Crippen LogP contribution >= 0.6 is 0 Å². The first kappa shape index (κ1) is 13.7. The molecule has 20 heavy (non-hydrogen) atoms. The summed E-state index contributed by atoms with van der Waals surface area (Å²) in [5.74, 6) is -2.05. The number of benzene rings is 1. The monoisotopic (exact) mass is 274 g/mol. The van der Waals surface area contributed by atoms with Crippen LogP contribution in [0, 0.1) is 5.82 Å². The Hall–Kier alpha value is -2.76. The van der Waals surface area contributed by atoms with Gasteiger partial charge in [-0.05, 0) is 23.8 Å². The van der Waals surface area contributed by atoms with Gasteiger partial charge in [-0.2, -0.15) is 0 Å². The number of aliphatic carboxylic acids is 1. The zero-order chi connectivity index (χ0) is 14.5. The molecule has 1 aromatic carbocycles. The third-order valence-corrected chi connectivity index (χ3v) is 2.57. The molecule has 102 valence electrons. The number of hydrogen-bond acceptors (Lipinski definition) is 3. The normalized spacial score (nSPS) is 10.1. The van der Waals surface area contributed by atoms with Crippen LogP contribution < -0.4 is 5.32 Å². The van der Waals surface area contributed by atoms with Crippen molar-refractivity contribution < 1.29 is 19.1 Å². The number of anilines is 1. The van der Waals surface area contributed by atoms with Gasteiger partial charge in [0.15, 0.2) is 0 Å². The number of carboxylic acid groups (broad SMARTS) is 1. The second-order valence-corrected chi connectivity index (χ2v) is 4.04. The smallest absolute Gasteiger partial charge is 0.307 e. The van der Waals surface area contributed by atoms with Gasteiger partial charge in [0.1, 0.15) is 11.5 Å². The third kappa shape index (κ3) is 3.38. The molecular weight excluding hydrogens is 263 g/mol. The lowest BCUT2D eigenvalue weighted by atomic mass is 10.1. The largest absolute Gasteiger partial charge is 0.481 e. The van der Waals surface area contributed by atoms with Crippen molar-refractivity contribution >= 4 is 17.6 Å². The van der Waals surface area contributed by atoms with Gasteiger partial charge in [-0.3, -0.25) is 9.59 Å². The number of carbonyl (C=O) groups is 2. The summed E-state index contributed by atoms with van der Waals surface area (Å²) in [5, 5.41) is 11.4. The molecule has 0 aliphatic rings. The Morgan fingerprint density at radius 1 is 1.20 bits per heavy atom. The average molecular weight is 274 g/mol. The van der Waals surface area contributed by atoms with E-state index in [1.54, 1.807) is 24.3 Å². The minimum Gasteiger partial charge on any atom is -0.481 e. The van der Waals surface area contributed by atoms with Crippen molar-refractivity contribution in [2.45, 2.75) is 6.42 Å². The van der Waals surface area contributed by atoms with Crippen LogP contribution in [0.5, 0.6) is 0 Å². The molecule has 0 fully saturated rings. The molecule has 6 heteroatoms. The zero-order valence-electron chi connectivity index (χ0n) is 10.3. The Bertz CT molecular complexity index is 641. The van der Waals surface area contributed by atoms with Crippen molar-refractivity contribution in [1.29, 1.82) is 0 Å². The standard InChI is InChI=1S/C14H11FN2O3/c15-10-5-6-12(16-8-10)14(20)17-11-4-2-1-3-9(11)7-13(18)19/h1-6,8H,7H2,(H,17,20)(H,18,19). The molecule has 0 saturated carbocycles. The predicted molar refractivity (Wildman–Crippen MR) is 69.9 cm³/mol. The first-order valence-electron chi connectivity index (χ1n) is 5.79. The molecule has 5 nitrogen and oxygen atoms in total. The van der Waals surface area contributed by atoms with E-state index in [9.17, 15) is 14.0 Å². The maximum Gasteiger partial charge on any atom is 0.307 e. The zero-order valence-corrected chi connectivity index (χ0v) is 10.3. The highest BCUT2D eigenvalue weighted by molar-refractivity contribution is 6.03. The van der Waals surface area contributed by atoms with Crippen LogP contribution in [-0.2, 0) is 11.2 Å². The summed E-state index contributed by atoms with van der Waals surface area (Å²) in [5.41, 5.74) is 0.929. The van der Waals surface area contributed by atoms with Crippen LogP contribution in [-0.4, -0.2) is 22.0 Å². The van der Waals surface area contributed by atoms with Crippen molar-refractivity contribution in [2.75, 3.05) is 5.32 Å². The molecule has 2 rings (SSSR count). The highest BCUT2D eigenvalue weighted by atomic mass is 19.1. The van der Waals surface area contributed by atoms with Crippen molar-refractivity contribution in [3.05, 3.63) is 59.7 Å². The van der Waals surface area contributed by atoms with E-state index in [1.165, 1.54) is 6.07 Å². The Kier molecular flexibility index (Phi) is 4.05. The van der Waals surface area contributed by atoms with Gasteiger partial charge in [-0.15, -0.1) is 0 Å². The number of rotatable bonds is 4. The van der Waals surface area contributed by atoms with E-state index in [1.807, 2.05) is 0 Å². The first-order valence-corrected chi connectivity index (χ1v) is 5.79. The van der Waals surface area contributed by atoms with Gasteiger partial charge in [0, 0.05) is 5.69 Å². The molecule has 0 spiro atoms. The minimum absolute atomic E-state index is 0.0523. The van der Waals surface area contributed by atoms with Crippen molar-refractivity contribution in [2.24, 2.45) is 0 Å². The van der Waals surface area contributed by atoms with E-state index in [2.05, 4.69) is 10.3 Å². The van der Waals surface area contributed by atoms with Crippen molar-refractivity contribution in [1.82, 2.24) is 4.98 Å². The van der Waals surface area contributed by atoms with Gasteiger partial charge in [-0.25, -0.2) is 9.37 Å². The molecule has 0 atom stereocenters. The lowest BCUT2D eigenvalue weighted by Crippen LogP contribution is -2.15. The summed E-state index contributed by atoms with van der Waals surface area (Å²) in [6.45, 7) is 0. The Balaban J connectivity index is 2.19. The van der Waals surface area contributed by atoms with Gasteiger partial charge in [0.25, 0.3) is 5.91 Å². The van der Waals surface area contributed by atoms with E-state index in [-0.39, 0.29) is 12.1 Å². The highest BCUT2D eigenvalue weighted by Crippen LogP contribution is 2.16. The molecule has 1 amide bonds. The lowest BCUT2D eigenvalue weighted by Gasteiger charge is -2.09. The van der Waals surface area contributed by atoms with Crippen LogP contribution in [0.3, 0.4) is 0 Å². The van der Waals surface area contributed by atoms with Crippen LogP contribution in [0.25, 0.3) is 0 Å². The summed E-state index contributed by atoms with van der Waals surface area (Å²) in [6, 6.07) is 8.96. The summed E-state index contributed by atoms with van der Waals surface area (Å²) < 4.78 is 12.7. The van der Waals surface area contributed by atoms with Gasteiger partial charge >= 0.3 is 5.97 Å². The molecule has 0 saturated heterocycles. The second kappa shape index (κ2) is 5.92. The van der Waals surface area contributed by atoms with Gasteiger partial charge in [0.2, 0.25) is 0 Å². The van der Waals surface area contributed by atoms with E-state index in [0.717, 1.165) is 12.3 Å². The fourth-order valence-corrected chi connectivity index (χ4v) is 1.66. The Morgan fingerprint density at radius 3 is 2.60 bits per heavy atom. The Labute approximate surface area is 114 Å². The summed E-state index contributed by atoms with van der Waals surface area (Å²) in [4.78, 5) is 26.3. The number of amides is 1. The third-order valence-electron chi connectivity index (χ3n) is 2.57. The molecule has 0 aliphatic heterocycles. The van der Waals surface area contributed by atoms with Crippen LogP contribution in [0.2, 0.25) is 0 Å². The summed E-state index contributed by atoms with van der Waals surface area (Å²) in [6.07, 6.45) is 0.741. The lowest BCUT2D eigenvalue weighted by molar-refractivity contribution is -0.136. The molecule has 2 N–H and O–H groups in total. The van der Waals surface area contributed by atoms with E-state index in [0.29, 0.717) is 11.3 Å². The Morgan fingerprint density at radius 2 is 1.95 bits per heavy atom. The highest BCUT2D eigenvalue weighted by Gasteiger charge is 2.11. The van der Waals surface area contributed by atoms with Crippen LogP contribution in [0.4, 0.5) is 10.1 Å². The van der Waals surface area contributed by atoms with Crippen LogP contribution in [0.1, 0.15) is 16.1 Å². The molecule has 0 radical (unpaired) electrons. The molecule has 0 unspecified atom stereocenters. The van der Waals surface area contributed by atoms with E-state index >= 15 is 0 Å². The average Bonchev–Trinajstić information content (AvgIpc) is 2.41. The van der Waals surface area contributed by atoms with E-state index in [4.69, 9.17) is 5.11 Å². The molecule has 1 heterocycles. The fraction of sp³-hybridized carbons (Fsp3) is 0.0714. The number of para-hydroxylation sites is 1. The number of nitrogens with one attached hydrogen (secondary N) is 1. The van der Waals surface area contributed by atoms with Crippen molar-refractivity contribution in [3.8, 4) is 0 Å². The maximum atomic E-state index is 12.7. The number of aromatic nitrogens is 1. The molecule has 1 aromatic heterocycles. The number of carboxylic acids is 1. The molecule has 0 aliphatic carbocycles. The van der Waals surface area contributed by atoms with Crippen molar-refractivity contribution in [3.63, 3.8) is 0 Å². The number of nitrogens with zero attached hydrogens (tertiary/aromatic N) is 1. The molecular formula is C14H11FN2O3. The maximum absolute atomic E-state index is 12.7. The topological polar surface area (TPSA) is 79.3 Å². The van der Waals surface area contributed by atoms with Gasteiger partial charge in [-0.1, -0.05) is 18.2 Å². The molecule has 2 aromatic rings. The second-order valence-electron chi connectivity index (χ2n) is 4.04. The quantitative estimate of drug-likeness (QED) is 0.894. The fourth-order valence-electron chi connectivity index (χ4n) is 1.66. The number of hydrogen-bond donors (Lipinski definition) is 2. The van der Waals surface area contributed by atoms with Gasteiger partial charge < -0.3 is 10.4 Å². The predicted octanol–water partition coefficient (Wildman–Crippen LogP) is 2.10. The first-order chi connectivity index (χ1) is 9.56. The SMILES string of the molecule is O=C(O)Cc1ccccc1NC(=O)c1ccc(F)cn1. The van der Waals surface area contributed by atoms with Crippen LogP contribution in [0.15, 0.2) is 42.6 Å². The minimum atomic E-state index is -0.994.